The Balaban J connectivity index is 2.42. The highest BCUT2D eigenvalue weighted by atomic mass is 16.4. The first-order valence-corrected chi connectivity index (χ1v) is 4.25. The molecule has 0 aliphatic carbocycles. The fraction of sp³-hybridized carbons (Fsp3) is 0.500. The number of hydrogen-bond donors (Lipinski definition) is 2. The van der Waals surface area contributed by atoms with E-state index in [0.717, 1.165) is 25.1 Å². The van der Waals surface area contributed by atoms with Gasteiger partial charge in [-0.05, 0) is 18.9 Å². The van der Waals surface area contributed by atoms with Crippen LogP contribution >= 0.6 is 0 Å². The Bertz CT molecular complexity index is 345. The van der Waals surface area contributed by atoms with E-state index in [0.29, 0.717) is 0 Å². The molecule has 0 saturated carbocycles. The highest BCUT2D eigenvalue weighted by molar-refractivity contribution is 5.85. The number of nitrogens with zero attached hydrogens (tertiary/aromatic N) is 2. The molecule has 13 heavy (non-hydrogen) atoms. The molecule has 1 atom stereocenters. The number of carboxylic acids is 1. The summed E-state index contributed by atoms with van der Waals surface area (Å²) in [5, 5.41) is 12.6. The van der Waals surface area contributed by atoms with E-state index in [-0.39, 0.29) is 11.7 Å². The molecule has 0 spiro atoms. The van der Waals surface area contributed by atoms with Gasteiger partial charge < -0.3 is 10.8 Å². The van der Waals surface area contributed by atoms with Crippen molar-refractivity contribution < 1.29 is 9.90 Å². The van der Waals surface area contributed by atoms with Crippen LogP contribution in [-0.4, -0.2) is 20.9 Å². The second-order valence-electron chi connectivity index (χ2n) is 3.23. The molecule has 0 fully saturated rings. The Hall–Kier alpha value is -1.36. The number of aryl methyl sites for hydroxylation is 1. The molecule has 3 N–H and O–H groups in total. The van der Waals surface area contributed by atoms with E-state index >= 15 is 0 Å². The first-order chi connectivity index (χ1) is 6.18. The maximum atomic E-state index is 10.6. The molecule has 1 unspecified atom stereocenters. The van der Waals surface area contributed by atoms with Crippen LogP contribution < -0.4 is 5.73 Å². The number of rotatable bonds is 1. The van der Waals surface area contributed by atoms with Crippen LogP contribution in [0.1, 0.15) is 35.1 Å². The molecule has 2 heterocycles. The monoisotopic (exact) mass is 181 g/mol. The lowest BCUT2D eigenvalue weighted by atomic mass is 10.1. The maximum absolute atomic E-state index is 10.6. The molecule has 1 aromatic rings. The molecule has 0 saturated heterocycles. The Morgan fingerprint density at radius 1 is 1.77 bits per heavy atom. The number of hydrogen-bond acceptors (Lipinski definition) is 3. The topological polar surface area (TPSA) is 81.1 Å². The van der Waals surface area contributed by atoms with Crippen molar-refractivity contribution in [3.8, 4) is 0 Å². The lowest BCUT2D eigenvalue weighted by Gasteiger charge is -2.19. The normalized spacial score (nSPS) is 21.2. The smallest absolute Gasteiger partial charge is 0.356 e. The molecule has 1 aliphatic rings. The fourth-order valence-electron chi connectivity index (χ4n) is 1.62. The lowest BCUT2D eigenvalue weighted by Crippen LogP contribution is -2.21. The summed E-state index contributed by atoms with van der Waals surface area (Å²) < 4.78 is 1.69. The summed E-state index contributed by atoms with van der Waals surface area (Å²) in [7, 11) is 0. The molecule has 5 nitrogen and oxygen atoms in total. The van der Waals surface area contributed by atoms with Crippen LogP contribution in [-0.2, 0) is 6.54 Å². The minimum atomic E-state index is -0.992. The van der Waals surface area contributed by atoms with Gasteiger partial charge >= 0.3 is 5.97 Å². The van der Waals surface area contributed by atoms with Gasteiger partial charge in [0.15, 0.2) is 5.69 Å². The molecular weight excluding hydrogens is 170 g/mol. The number of aromatic nitrogens is 2. The van der Waals surface area contributed by atoms with Gasteiger partial charge in [-0.25, -0.2) is 4.79 Å². The van der Waals surface area contributed by atoms with Gasteiger partial charge in [0, 0.05) is 12.6 Å². The van der Waals surface area contributed by atoms with E-state index < -0.39 is 5.97 Å². The van der Waals surface area contributed by atoms with Crippen molar-refractivity contribution in [3.63, 3.8) is 0 Å². The van der Waals surface area contributed by atoms with Crippen molar-refractivity contribution in [3.05, 3.63) is 17.5 Å². The average Bonchev–Trinajstić information content (AvgIpc) is 2.49. The van der Waals surface area contributed by atoms with E-state index in [1.165, 1.54) is 0 Å². The van der Waals surface area contributed by atoms with E-state index in [1.807, 2.05) is 0 Å². The average molecular weight is 181 g/mol. The van der Waals surface area contributed by atoms with Gasteiger partial charge in [-0.15, -0.1) is 0 Å². The Morgan fingerprint density at radius 3 is 3.15 bits per heavy atom. The standard InChI is InChI=1S/C8H11N3O2/c9-5-2-1-3-11-7(5)4-6(10-11)8(12)13/h4-5H,1-3,9H2,(H,12,13). The summed E-state index contributed by atoms with van der Waals surface area (Å²) in [6, 6.07) is 1.50. The Labute approximate surface area is 75.2 Å². The Morgan fingerprint density at radius 2 is 2.54 bits per heavy atom. The summed E-state index contributed by atoms with van der Waals surface area (Å²) >= 11 is 0. The molecule has 1 aromatic heterocycles. The number of aromatic carboxylic acids is 1. The van der Waals surface area contributed by atoms with Gasteiger partial charge in [-0.2, -0.15) is 5.10 Å². The van der Waals surface area contributed by atoms with Crippen LogP contribution in [0.5, 0.6) is 0 Å². The van der Waals surface area contributed by atoms with Crippen LogP contribution in [0.2, 0.25) is 0 Å². The molecule has 2 rings (SSSR count). The van der Waals surface area contributed by atoms with Crippen molar-refractivity contribution in [2.24, 2.45) is 5.73 Å². The summed E-state index contributed by atoms with van der Waals surface area (Å²) in [4.78, 5) is 10.6. The van der Waals surface area contributed by atoms with E-state index in [9.17, 15) is 4.79 Å². The summed E-state index contributed by atoms with van der Waals surface area (Å²) in [5.74, 6) is -0.992. The van der Waals surface area contributed by atoms with Crippen LogP contribution in [0.15, 0.2) is 6.07 Å². The summed E-state index contributed by atoms with van der Waals surface area (Å²) in [5.41, 5.74) is 6.73. The number of nitrogens with two attached hydrogens (primary N) is 1. The number of carbonyl (C=O) groups is 1. The second-order valence-corrected chi connectivity index (χ2v) is 3.23. The lowest BCUT2D eigenvalue weighted by molar-refractivity contribution is 0.0689. The van der Waals surface area contributed by atoms with E-state index in [1.54, 1.807) is 10.7 Å². The molecule has 5 heteroatoms. The van der Waals surface area contributed by atoms with Gasteiger partial charge in [0.2, 0.25) is 0 Å². The molecule has 0 amide bonds. The SMILES string of the molecule is NC1CCCn2nc(C(=O)O)cc21. The third-order valence-electron chi connectivity index (χ3n) is 2.30. The zero-order valence-electron chi connectivity index (χ0n) is 7.10. The highest BCUT2D eigenvalue weighted by Crippen LogP contribution is 2.22. The van der Waals surface area contributed by atoms with E-state index in [2.05, 4.69) is 5.10 Å². The van der Waals surface area contributed by atoms with Crippen LogP contribution in [0.3, 0.4) is 0 Å². The van der Waals surface area contributed by atoms with Gasteiger partial charge in [-0.1, -0.05) is 0 Å². The largest absolute Gasteiger partial charge is 0.476 e. The van der Waals surface area contributed by atoms with Gasteiger partial charge in [-0.3, -0.25) is 4.68 Å². The summed E-state index contributed by atoms with van der Waals surface area (Å²) in [6.45, 7) is 0.774. The third-order valence-corrected chi connectivity index (χ3v) is 2.30. The minimum Gasteiger partial charge on any atom is -0.476 e. The minimum absolute atomic E-state index is 0.0608. The van der Waals surface area contributed by atoms with Crippen molar-refractivity contribution in [2.45, 2.75) is 25.4 Å². The van der Waals surface area contributed by atoms with Gasteiger partial charge in [0.1, 0.15) is 0 Å². The van der Waals surface area contributed by atoms with Crippen LogP contribution in [0.4, 0.5) is 0 Å². The predicted octanol–water partition coefficient (Wildman–Crippen LogP) is 0.375. The maximum Gasteiger partial charge on any atom is 0.356 e. The number of fused-ring (bicyclic) bond motifs is 1. The predicted molar refractivity (Wildman–Crippen MR) is 45.3 cm³/mol. The highest BCUT2D eigenvalue weighted by Gasteiger charge is 2.21. The first kappa shape index (κ1) is 8.25. The molecule has 1 aliphatic heterocycles. The van der Waals surface area contributed by atoms with Crippen molar-refractivity contribution >= 4 is 5.97 Å². The second kappa shape index (κ2) is 2.85. The van der Waals surface area contributed by atoms with Gasteiger partial charge in [0.25, 0.3) is 0 Å². The quantitative estimate of drug-likeness (QED) is 0.656. The zero-order valence-corrected chi connectivity index (χ0v) is 7.10. The first-order valence-electron chi connectivity index (χ1n) is 4.25. The van der Waals surface area contributed by atoms with Crippen molar-refractivity contribution in [1.82, 2.24) is 9.78 Å². The summed E-state index contributed by atoms with van der Waals surface area (Å²) in [6.07, 6.45) is 1.87. The Kier molecular flexibility index (Phi) is 1.81. The van der Waals surface area contributed by atoms with Crippen LogP contribution in [0, 0.1) is 0 Å². The fourth-order valence-corrected chi connectivity index (χ4v) is 1.62. The zero-order chi connectivity index (χ0) is 9.42. The molecule has 0 radical (unpaired) electrons. The molecular formula is C8H11N3O2. The molecule has 0 bridgehead atoms. The third kappa shape index (κ3) is 1.31. The molecule has 70 valence electrons. The van der Waals surface area contributed by atoms with Crippen molar-refractivity contribution in [1.29, 1.82) is 0 Å². The van der Waals surface area contributed by atoms with E-state index in [4.69, 9.17) is 10.8 Å². The van der Waals surface area contributed by atoms with Gasteiger partial charge in [0.05, 0.1) is 5.69 Å². The molecule has 0 aromatic carbocycles. The van der Waals surface area contributed by atoms with Crippen LogP contribution in [0.25, 0.3) is 0 Å². The van der Waals surface area contributed by atoms with Crippen molar-refractivity contribution in [2.75, 3.05) is 0 Å². The number of carboxylic acid groups (broad SMARTS) is 1.